The van der Waals surface area contributed by atoms with Gasteiger partial charge in [-0.2, -0.15) is 0 Å². The van der Waals surface area contributed by atoms with Crippen molar-refractivity contribution in [1.82, 2.24) is 9.97 Å². The molecule has 0 aliphatic carbocycles. The summed E-state index contributed by atoms with van der Waals surface area (Å²) in [7, 11) is 0. The Balaban J connectivity index is 2.16. The maximum atomic E-state index is 5.88. The second-order valence-electron chi connectivity index (χ2n) is 5.38. The maximum Gasteiger partial charge on any atom is 0.158 e. The number of hydrogen-bond acceptors (Lipinski definition) is 5. The van der Waals surface area contributed by atoms with E-state index in [1.807, 2.05) is 13.0 Å². The predicted octanol–water partition coefficient (Wildman–Crippen LogP) is 2.22. The van der Waals surface area contributed by atoms with Gasteiger partial charge >= 0.3 is 0 Å². The molecule has 0 aromatic carbocycles. The molecule has 2 unspecified atom stereocenters. The van der Waals surface area contributed by atoms with E-state index in [0.29, 0.717) is 30.9 Å². The highest BCUT2D eigenvalue weighted by molar-refractivity contribution is 5.48. The molecule has 2 rings (SSSR count). The van der Waals surface area contributed by atoms with E-state index in [9.17, 15) is 0 Å². The molecule has 106 valence electrons. The first kappa shape index (κ1) is 14.1. The molecule has 0 saturated carbocycles. The fraction of sp³-hybridized carbons (Fsp3) is 0.714. The molecular weight excluding hydrogens is 240 g/mol. The monoisotopic (exact) mass is 264 g/mol. The Morgan fingerprint density at radius 3 is 2.89 bits per heavy atom. The third-order valence-electron chi connectivity index (χ3n) is 3.65. The highest BCUT2D eigenvalue weighted by atomic mass is 16.5. The molecule has 0 spiro atoms. The molecule has 1 saturated heterocycles. The van der Waals surface area contributed by atoms with Crippen molar-refractivity contribution in [2.75, 3.05) is 23.8 Å². The summed E-state index contributed by atoms with van der Waals surface area (Å²) in [6.07, 6.45) is 2.40. The van der Waals surface area contributed by atoms with Crippen molar-refractivity contribution in [2.24, 2.45) is 5.92 Å². The number of ether oxygens (including phenoxy) is 1. The van der Waals surface area contributed by atoms with E-state index in [2.05, 4.69) is 28.7 Å². The molecule has 19 heavy (non-hydrogen) atoms. The van der Waals surface area contributed by atoms with Crippen LogP contribution in [0.3, 0.4) is 0 Å². The van der Waals surface area contributed by atoms with Gasteiger partial charge in [-0.05, 0) is 32.6 Å². The van der Waals surface area contributed by atoms with Crippen LogP contribution in [-0.4, -0.2) is 29.2 Å². The summed E-state index contributed by atoms with van der Waals surface area (Å²) in [6.45, 7) is 8.63. The Morgan fingerprint density at radius 1 is 1.42 bits per heavy atom. The van der Waals surface area contributed by atoms with Crippen molar-refractivity contribution in [3.63, 3.8) is 0 Å². The van der Waals surface area contributed by atoms with Crippen molar-refractivity contribution in [2.45, 2.75) is 46.3 Å². The smallest absolute Gasteiger partial charge is 0.158 e. The van der Waals surface area contributed by atoms with Gasteiger partial charge in [0.1, 0.15) is 18.2 Å². The minimum atomic E-state index is 0.424. The quantitative estimate of drug-likeness (QED) is 0.903. The van der Waals surface area contributed by atoms with Gasteiger partial charge in [0.05, 0.1) is 0 Å². The molecule has 0 amide bonds. The lowest BCUT2D eigenvalue weighted by Crippen LogP contribution is -2.41. The SMILES string of the molecule is CCOCc1nc(N)cc(N2CCC(C)CC2C)n1. The van der Waals surface area contributed by atoms with Crippen molar-refractivity contribution >= 4 is 11.6 Å². The summed E-state index contributed by atoms with van der Waals surface area (Å²) in [4.78, 5) is 11.1. The van der Waals surface area contributed by atoms with Crippen LogP contribution >= 0.6 is 0 Å². The van der Waals surface area contributed by atoms with Crippen LogP contribution in [0.15, 0.2) is 6.07 Å². The third kappa shape index (κ3) is 3.56. The standard InChI is InChI=1S/C14H24N4O/c1-4-19-9-13-16-12(15)8-14(17-13)18-6-5-10(2)7-11(18)3/h8,10-11H,4-7,9H2,1-3H3,(H2,15,16,17). The molecule has 2 atom stereocenters. The Kier molecular flexibility index (Phi) is 4.58. The maximum absolute atomic E-state index is 5.88. The highest BCUT2D eigenvalue weighted by Crippen LogP contribution is 2.27. The number of aromatic nitrogens is 2. The first-order valence-corrected chi connectivity index (χ1v) is 7.08. The fourth-order valence-corrected chi connectivity index (χ4v) is 2.66. The minimum Gasteiger partial charge on any atom is -0.384 e. The molecule has 1 aromatic heterocycles. The van der Waals surface area contributed by atoms with Gasteiger partial charge in [0.15, 0.2) is 5.82 Å². The molecule has 2 heterocycles. The van der Waals surface area contributed by atoms with Crippen LogP contribution in [0.1, 0.15) is 39.4 Å². The molecule has 1 aliphatic heterocycles. The average Bonchev–Trinajstić information content (AvgIpc) is 2.35. The Labute approximate surface area is 115 Å². The Hall–Kier alpha value is -1.36. The Morgan fingerprint density at radius 2 is 2.21 bits per heavy atom. The normalized spacial score (nSPS) is 23.6. The molecule has 5 heteroatoms. The van der Waals surface area contributed by atoms with Gasteiger partial charge in [-0.3, -0.25) is 0 Å². The zero-order valence-corrected chi connectivity index (χ0v) is 12.1. The number of piperidine rings is 1. The molecule has 0 radical (unpaired) electrons. The van der Waals surface area contributed by atoms with Gasteiger partial charge < -0.3 is 15.4 Å². The van der Waals surface area contributed by atoms with Gasteiger partial charge in [-0.15, -0.1) is 0 Å². The van der Waals surface area contributed by atoms with Gasteiger partial charge in [0, 0.05) is 25.3 Å². The zero-order valence-electron chi connectivity index (χ0n) is 12.1. The second-order valence-corrected chi connectivity index (χ2v) is 5.38. The lowest BCUT2D eigenvalue weighted by Gasteiger charge is -2.37. The lowest BCUT2D eigenvalue weighted by molar-refractivity contribution is 0.128. The van der Waals surface area contributed by atoms with Gasteiger partial charge in [0.2, 0.25) is 0 Å². The van der Waals surface area contributed by atoms with Crippen LogP contribution in [0.4, 0.5) is 11.6 Å². The van der Waals surface area contributed by atoms with Crippen molar-refractivity contribution in [3.8, 4) is 0 Å². The second kappa shape index (κ2) is 6.19. The van der Waals surface area contributed by atoms with Crippen LogP contribution < -0.4 is 10.6 Å². The van der Waals surface area contributed by atoms with E-state index in [-0.39, 0.29) is 0 Å². The van der Waals surface area contributed by atoms with Crippen molar-refractivity contribution in [3.05, 3.63) is 11.9 Å². The van der Waals surface area contributed by atoms with Crippen molar-refractivity contribution in [1.29, 1.82) is 0 Å². The first-order valence-electron chi connectivity index (χ1n) is 7.08. The topological polar surface area (TPSA) is 64.3 Å². The van der Waals surface area contributed by atoms with E-state index >= 15 is 0 Å². The summed E-state index contributed by atoms with van der Waals surface area (Å²) in [5.74, 6) is 2.91. The summed E-state index contributed by atoms with van der Waals surface area (Å²) in [6, 6.07) is 2.36. The number of nitrogen functional groups attached to an aromatic ring is 1. The van der Waals surface area contributed by atoms with E-state index in [1.165, 1.54) is 12.8 Å². The van der Waals surface area contributed by atoms with E-state index in [0.717, 1.165) is 18.3 Å². The van der Waals surface area contributed by atoms with Crippen molar-refractivity contribution < 1.29 is 4.74 Å². The van der Waals surface area contributed by atoms with Gasteiger partial charge in [0.25, 0.3) is 0 Å². The lowest BCUT2D eigenvalue weighted by atomic mass is 9.93. The third-order valence-corrected chi connectivity index (χ3v) is 3.65. The summed E-state index contributed by atoms with van der Waals surface area (Å²) in [5.41, 5.74) is 5.88. The highest BCUT2D eigenvalue weighted by Gasteiger charge is 2.24. The van der Waals surface area contributed by atoms with Crippen LogP contribution in [0.25, 0.3) is 0 Å². The largest absolute Gasteiger partial charge is 0.384 e. The van der Waals surface area contributed by atoms with E-state index in [4.69, 9.17) is 10.5 Å². The zero-order chi connectivity index (χ0) is 13.8. The first-order chi connectivity index (χ1) is 9.10. The van der Waals surface area contributed by atoms with Crippen LogP contribution in [-0.2, 0) is 11.3 Å². The summed E-state index contributed by atoms with van der Waals surface area (Å²) >= 11 is 0. The summed E-state index contributed by atoms with van der Waals surface area (Å²) < 4.78 is 5.36. The number of hydrogen-bond donors (Lipinski definition) is 1. The fourth-order valence-electron chi connectivity index (χ4n) is 2.66. The van der Waals surface area contributed by atoms with Gasteiger partial charge in [-0.1, -0.05) is 6.92 Å². The number of rotatable bonds is 4. The van der Waals surface area contributed by atoms with E-state index < -0.39 is 0 Å². The Bertz CT molecular complexity index is 424. The molecule has 1 aromatic rings. The van der Waals surface area contributed by atoms with Crippen LogP contribution in [0.5, 0.6) is 0 Å². The molecule has 5 nitrogen and oxygen atoms in total. The summed E-state index contributed by atoms with van der Waals surface area (Å²) in [5, 5.41) is 0. The number of anilines is 2. The molecule has 1 fully saturated rings. The number of nitrogens with two attached hydrogens (primary N) is 1. The number of nitrogens with zero attached hydrogens (tertiary/aromatic N) is 3. The molecular formula is C14H24N4O. The predicted molar refractivity (Wildman–Crippen MR) is 77.0 cm³/mol. The average molecular weight is 264 g/mol. The minimum absolute atomic E-state index is 0.424. The van der Waals surface area contributed by atoms with Gasteiger partial charge in [-0.25, -0.2) is 9.97 Å². The van der Waals surface area contributed by atoms with E-state index in [1.54, 1.807) is 0 Å². The molecule has 2 N–H and O–H groups in total. The van der Waals surface area contributed by atoms with Crippen LogP contribution in [0, 0.1) is 5.92 Å². The van der Waals surface area contributed by atoms with Crippen LogP contribution in [0.2, 0.25) is 0 Å². The molecule has 0 bridgehead atoms. The molecule has 1 aliphatic rings.